The van der Waals surface area contributed by atoms with Crippen LogP contribution in [0.3, 0.4) is 0 Å². The number of carbonyl (C=O) groups excluding carboxylic acids is 2. The average Bonchev–Trinajstić information content (AvgIpc) is 3.09. The van der Waals surface area contributed by atoms with E-state index < -0.39 is 11.9 Å². The number of benzene rings is 2. The monoisotopic (exact) mass is 417 g/mol. The van der Waals surface area contributed by atoms with Crippen LogP contribution in [-0.2, 0) is 19.1 Å². The third-order valence-corrected chi connectivity index (χ3v) is 4.77. The Labute approximate surface area is 177 Å². The van der Waals surface area contributed by atoms with Crippen LogP contribution in [-0.4, -0.2) is 41.2 Å². The first kappa shape index (κ1) is 20.0. The largest absolute Gasteiger partial charge is 0.508 e. The Morgan fingerprint density at radius 3 is 2.45 bits per heavy atom. The molecule has 0 saturated carbocycles. The van der Waals surface area contributed by atoms with Gasteiger partial charge in [0.15, 0.2) is 0 Å². The number of anilines is 1. The highest BCUT2D eigenvalue weighted by Gasteiger charge is 2.27. The van der Waals surface area contributed by atoms with Crippen LogP contribution < -0.4 is 4.90 Å². The second-order valence-corrected chi connectivity index (χ2v) is 6.65. The Morgan fingerprint density at radius 1 is 1.00 bits per heavy atom. The molecule has 0 fully saturated rings. The number of aromatic hydroxyl groups is 1. The number of ether oxygens (including phenoxy) is 2. The predicted octanol–water partition coefficient (Wildman–Crippen LogP) is 3.43. The molecule has 1 aliphatic rings. The lowest BCUT2D eigenvalue weighted by atomic mass is 10.1. The number of allylic oxidation sites excluding steroid dienone is 2. The predicted molar refractivity (Wildman–Crippen MR) is 115 cm³/mol. The minimum Gasteiger partial charge on any atom is -0.508 e. The van der Waals surface area contributed by atoms with Crippen molar-refractivity contribution in [2.45, 2.75) is 0 Å². The van der Waals surface area contributed by atoms with Crippen molar-refractivity contribution >= 4 is 28.7 Å². The Morgan fingerprint density at radius 2 is 1.74 bits per heavy atom. The molecule has 31 heavy (non-hydrogen) atoms. The highest BCUT2D eigenvalue weighted by Crippen LogP contribution is 2.30. The molecule has 0 unspecified atom stereocenters. The molecule has 0 saturated heterocycles. The third-order valence-electron chi connectivity index (χ3n) is 4.77. The quantitative estimate of drug-likeness (QED) is 0.627. The number of phenols is 1. The fourth-order valence-electron chi connectivity index (χ4n) is 3.27. The number of phenolic OH excluding ortho intramolecular Hbond substituents is 1. The smallest absolute Gasteiger partial charge is 0.355 e. The molecule has 8 heteroatoms. The van der Waals surface area contributed by atoms with E-state index in [0.717, 1.165) is 16.6 Å². The summed E-state index contributed by atoms with van der Waals surface area (Å²) in [5, 5.41) is 9.49. The molecule has 3 aromatic rings. The van der Waals surface area contributed by atoms with Gasteiger partial charge in [0.25, 0.3) is 0 Å². The lowest BCUT2D eigenvalue weighted by Gasteiger charge is -2.23. The molecule has 2 aromatic carbocycles. The Hall–Kier alpha value is -4.33. The van der Waals surface area contributed by atoms with Crippen LogP contribution in [0.25, 0.3) is 22.4 Å². The topological polar surface area (TPSA) is 105 Å². The summed E-state index contributed by atoms with van der Waals surface area (Å²) in [6.45, 7) is 0. The summed E-state index contributed by atoms with van der Waals surface area (Å²) in [6.07, 6.45) is 6.52. The minimum atomic E-state index is -0.675. The van der Waals surface area contributed by atoms with Crippen molar-refractivity contribution in [1.82, 2.24) is 9.97 Å². The molecule has 8 nitrogen and oxygen atoms in total. The van der Waals surface area contributed by atoms with Crippen LogP contribution in [0.5, 0.6) is 5.75 Å². The van der Waals surface area contributed by atoms with Crippen molar-refractivity contribution in [3.8, 4) is 17.1 Å². The van der Waals surface area contributed by atoms with Crippen LogP contribution in [0.1, 0.15) is 0 Å². The Kier molecular flexibility index (Phi) is 5.28. The van der Waals surface area contributed by atoms with Gasteiger partial charge in [-0.25, -0.2) is 14.6 Å². The zero-order valence-corrected chi connectivity index (χ0v) is 16.8. The number of nitrogens with one attached hydrogen (secondary N) is 1. The molecule has 0 bridgehead atoms. The first-order chi connectivity index (χ1) is 15.0. The van der Waals surface area contributed by atoms with E-state index in [9.17, 15) is 14.7 Å². The number of fused-ring (bicyclic) bond motifs is 1. The summed E-state index contributed by atoms with van der Waals surface area (Å²) in [6, 6.07) is 12.1. The van der Waals surface area contributed by atoms with Crippen molar-refractivity contribution in [3.05, 3.63) is 78.2 Å². The molecule has 0 spiro atoms. The first-order valence-corrected chi connectivity index (χ1v) is 9.36. The maximum absolute atomic E-state index is 12.6. The van der Waals surface area contributed by atoms with E-state index in [2.05, 4.69) is 9.97 Å². The van der Waals surface area contributed by atoms with Crippen LogP contribution >= 0.6 is 0 Å². The number of aromatic amines is 1. The molecule has 0 amide bonds. The van der Waals surface area contributed by atoms with Crippen molar-refractivity contribution < 1.29 is 24.2 Å². The summed E-state index contributed by atoms with van der Waals surface area (Å²) in [5.74, 6) is -0.514. The van der Waals surface area contributed by atoms with E-state index in [0.29, 0.717) is 11.5 Å². The molecule has 4 rings (SSSR count). The standard InChI is InChI=1S/C23H19N3O5/c1-30-22(28)17-5-3-4-12-26(20(17)23(29)31-2)15-8-11-18-19(13-15)25-21(24-18)14-6-9-16(27)10-7-14/h3-13,27H,1-2H3,(H,24,25). The van der Waals surface area contributed by atoms with Crippen molar-refractivity contribution in [3.63, 3.8) is 0 Å². The highest BCUT2D eigenvalue weighted by molar-refractivity contribution is 6.05. The molecule has 156 valence electrons. The number of H-pyrrole nitrogens is 1. The zero-order valence-electron chi connectivity index (χ0n) is 16.8. The second-order valence-electron chi connectivity index (χ2n) is 6.65. The van der Waals surface area contributed by atoms with Gasteiger partial charge in [-0.1, -0.05) is 6.08 Å². The van der Waals surface area contributed by atoms with E-state index in [1.807, 2.05) is 12.1 Å². The van der Waals surface area contributed by atoms with Gasteiger partial charge in [-0.2, -0.15) is 0 Å². The molecule has 1 aromatic heterocycles. The molecular weight excluding hydrogens is 398 g/mol. The van der Waals surface area contributed by atoms with Crippen LogP contribution in [0.4, 0.5) is 5.69 Å². The molecule has 1 aliphatic heterocycles. The molecule has 2 heterocycles. The lowest BCUT2D eigenvalue weighted by Crippen LogP contribution is -2.26. The van der Waals surface area contributed by atoms with Gasteiger partial charge in [-0.15, -0.1) is 0 Å². The molecular formula is C23H19N3O5. The van der Waals surface area contributed by atoms with Gasteiger partial charge in [-0.05, 0) is 54.6 Å². The SMILES string of the molecule is COC(=O)C1=C(C(=O)OC)N(c2ccc3nc(-c4ccc(O)cc4)[nH]c3c2)C=CC=C1. The molecule has 0 aliphatic carbocycles. The van der Waals surface area contributed by atoms with Crippen LogP contribution in [0.15, 0.2) is 78.2 Å². The van der Waals surface area contributed by atoms with E-state index in [-0.39, 0.29) is 17.0 Å². The van der Waals surface area contributed by atoms with Crippen LogP contribution in [0, 0.1) is 0 Å². The maximum atomic E-state index is 12.6. The van der Waals surface area contributed by atoms with E-state index in [4.69, 9.17) is 9.47 Å². The average molecular weight is 417 g/mol. The lowest BCUT2D eigenvalue weighted by molar-refractivity contribution is -0.139. The third kappa shape index (κ3) is 3.78. The van der Waals surface area contributed by atoms with Crippen LogP contribution in [0.2, 0.25) is 0 Å². The van der Waals surface area contributed by atoms with Gasteiger partial charge in [0.05, 0.1) is 30.8 Å². The molecule has 0 atom stereocenters. The number of nitrogens with zero attached hydrogens (tertiary/aromatic N) is 2. The number of rotatable bonds is 4. The second kappa shape index (κ2) is 8.19. The summed E-state index contributed by atoms with van der Waals surface area (Å²) < 4.78 is 9.77. The van der Waals surface area contributed by atoms with Gasteiger partial charge in [-0.3, -0.25) is 0 Å². The van der Waals surface area contributed by atoms with Gasteiger partial charge >= 0.3 is 11.9 Å². The number of hydrogen-bond donors (Lipinski definition) is 2. The van der Waals surface area contributed by atoms with Gasteiger partial charge in [0.2, 0.25) is 0 Å². The summed E-state index contributed by atoms with van der Waals surface area (Å²) >= 11 is 0. The fourth-order valence-corrected chi connectivity index (χ4v) is 3.27. The summed E-state index contributed by atoms with van der Waals surface area (Å²) in [5.41, 5.74) is 3.01. The zero-order chi connectivity index (χ0) is 22.0. The first-order valence-electron chi connectivity index (χ1n) is 9.36. The number of aromatic nitrogens is 2. The van der Waals surface area contributed by atoms with E-state index >= 15 is 0 Å². The summed E-state index contributed by atoms with van der Waals surface area (Å²) in [7, 11) is 2.50. The fraction of sp³-hybridized carbons (Fsp3) is 0.0870. The van der Waals surface area contributed by atoms with Crippen molar-refractivity contribution in [1.29, 1.82) is 0 Å². The number of methoxy groups -OCH3 is 2. The number of carbonyl (C=O) groups is 2. The molecule has 2 N–H and O–H groups in total. The Bertz CT molecular complexity index is 1250. The Balaban J connectivity index is 1.81. The van der Waals surface area contributed by atoms with E-state index in [1.54, 1.807) is 53.6 Å². The van der Waals surface area contributed by atoms with Gasteiger partial charge in [0.1, 0.15) is 17.3 Å². The summed E-state index contributed by atoms with van der Waals surface area (Å²) in [4.78, 5) is 34.3. The van der Waals surface area contributed by atoms with Crippen molar-refractivity contribution in [2.75, 3.05) is 19.1 Å². The van der Waals surface area contributed by atoms with Crippen molar-refractivity contribution in [2.24, 2.45) is 0 Å². The van der Waals surface area contributed by atoms with Gasteiger partial charge < -0.3 is 24.5 Å². The molecule has 0 radical (unpaired) electrons. The number of imidazole rings is 1. The highest BCUT2D eigenvalue weighted by atomic mass is 16.5. The number of hydrogen-bond acceptors (Lipinski definition) is 7. The minimum absolute atomic E-state index is 0.0389. The van der Waals surface area contributed by atoms with E-state index in [1.165, 1.54) is 20.3 Å². The number of esters is 2. The van der Waals surface area contributed by atoms with Gasteiger partial charge in [0, 0.05) is 17.5 Å². The normalized spacial score (nSPS) is 13.4. The maximum Gasteiger partial charge on any atom is 0.355 e.